The highest BCUT2D eigenvalue weighted by Crippen LogP contribution is 2.16. The fraction of sp³-hybridized carbons (Fsp3) is 0.360. The van der Waals surface area contributed by atoms with Crippen LogP contribution in [0.15, 0.2) is 48.5 Å². The van der Waals surface area contributed by atoms with Gasteiger partial charge in [-0.3, -0.25) is 19.2 Å². The van der Waals surface area contributed by atoms with Crippen LogP contribution in [0.3, 0.4) is 0 Å². The van der Waals surface area contributed by atoms with Crippen molar-refractivity contribution in [2.24, 2.45) is 0 Å². The number of carbonyl (C=O) groups excluding carboxylic acids is 4. The lowest BCUT2D eigenvalue weighted by molar-refractivity contribution is -0.118. The molecule has 0 spiro atoms. The summed E-state index contributed by atoms with van der Waals surface area (Å²) in [5, 5.41) is 11.2. The largest absolute Gasteiger partial charge is 0.326 e. The highest BCUT2D eigenvalue weighted by Gasteiger charge is 2.08. The molecule has 0 fully saturated rings. The Kier molecular flexibility index (Phi) is 10.6. The van der Waals surface area contributed by atoms with Gasteiger partial charge in [-0.25, -0.2) is 0 Å². The van der Waals surface area contributed by atoms with E-state index >= 15 is 0 Å². The van der Waals surface area contributed by atoms with Crippen LogP contribution >= 0.6 is 0 Å². The van der Waals surface area contributed by atoms with Crippen LogP contribution in [0, 0.1) is 0 Å². The first-order valence-electron chi connectivity index (χ1n) is 11.3. The average molecular weight is 453 g/mol. The summed E-state index contributed by atoms with van der Waals surface area (Å²) in [6.45, 7) is 3.88. The lowest BCUT2D eigenvalue weighted by atomic mass is 10.2. The number of hydrogen-bond acceptors (Lipinski definition) is 4. The quantitative estimate of drug-likeness (QED) is 0.366. The molecule has 0 radical (unpaired) electrons. The molecule has 2 aromatic carbocycles. The Morgan fingerprint density at radius 3 is 0.970 bits per heavy atom. The van der Waals surface area contributed by atoms with Gasteiger partial charge in [0.25, 0.3) is 0 Å². The predicted octanol–water partition coefficient (Wildman–Crippen LogP) is 4.91. The fourth-order valence-corrected chi connectivity index (χ4v) is 3.03. The van der Waals surface area contributed by atoms with Gasteiger partial charge in [0, 0.05) is 48.4 Å². The second kappa shape index (κ2) is 13.7. The molecule has 0 aromatic heterocycles. The van der Waals surface area contributed by atoms with E-state index in [9.17, 15) is 19.2 Å². The van der Waals surface area contributed by atoms with Crippen molar-refractivity contribution in [3.8, 4) is 0 Å². The third-order valence-electron chi connectivity index (χ3n) is 4.67. The maximum atomic E-state index is 12.1. The van der Waals surface area contributed by atoms with E-state index in [-0.39, 0.29) is 36.5 Å². The van der Waals surface area contributed by atoms with Gasteiger partial charge in [0.1, 0.15) is 0 Å². The minimum absolute atomic E-state index is 0.0396. The Hall–Kier alpha value is -3.68. The van der Waals surface area contributed by atoms with Gasteiger partial charge in [-0.05, 0) is 67.8 Å². The number of hydrogen-bond donors (Lipinski definition) is 4. The Bertz CT molecular complexity index is 862. The molecule has 0 unspecified atom stereocenters. The van der Waals surface area contributed by atoms with Crippen LogP contribution in [0.4, 0.5) is 22.7 Å². The molecule has 0 atom stereocenters. The van der Waals surface area contributed by atoms with Crippen molar-refractivity contribution in [1.29, 1.82) is 0 Å². The molecule has 0 saturated carbocycles. The van der Waals surface area contributed by atoms with E-state index in [0.717, 1.165) is 12.8 Å². The Balaban J connectivity index is 1.69. The summed E-state index contributed by atoms with van der Waals surface area (Å²) in [7, 11) is 0. The molecule has 4 amide bonds. The average Bonchev–Trinajstić information content (AvgIpc) is 2.77. The topological polar surface area (TPSA) is 116 Å². The Labute approximate surface area is 194 Å². The van der Waals surface area contributed by atoms with E-state index in [4.69, 9.17) is 0 Å². The molecule has 0 heterocycles. The van der Waals surface area contributed by atoms with E-state index in [1.54, 1.807) is 48.5 Å². The molecule has 8 heteroatoms. The highest BCUT2D eigenvalue weighted by atomic mass is 16.2. The standard InChI is InChI=1S/C25H32N4O4/c1-3-6-22(30)26-18-10-14-20(15-11-18)28-24(32)8-5-9-25(33)29-21-16-12-19(13-17-21)27-23(31)7-4-2/h10-17H,3-9H2,1-2H3,(H,26,30)(H,27,31)(H,28,32)(H,29,33). The number of benzene rings is 2. The third-order valence-corrected chi connectivity index (χ3v) is 4.67. The van der Waals surface area contributed by atoms with Gasteiger partial charge in [0.2, 0.25) is 23.6 Å². The smallest absolute Gasteiger partial charge is 0.224 e. The summed E-state index contributed by atoms with van der Waals surface area (Å²) < 4.78 is 0. The van der Waals surface area contributed by atoms with Crippen LogP contribution in [-0.2, 0) is 19.2 Å². The van der Waals surface area contributed by atoms with E-state index in [1.807, 2.05) is 13.8 Å². The van der Waals surface area contributed by atoms with Crippen molar-refractivity contribution < 1.29 is 19.2 Å². The van der Waals surface area contributed by atoms with E-state index in [1.165, 1.54) is 0 Å². The zero-order chi connectivity index (χ0) is 24.1. The Morgan fingerprint density at radius 1 is 0.485 bits per heavy atom. The lowest BCUT2D eigenvalue weighted by Gasteiger charge is -2.09. The second-order valence-corrected chi connectivity index (χ2v) is 7.70. The van der Waals surface area contributed by atoms with Crippen LogP contribution in [0.5, 0.6) is 0 Å². The molecule has 0 saturated heterocycles. The van der Waals surface area contributed by atoms with Crippen LogP contribution < -0.4 is 21.3 Å². The monoisotopic (exact) mass is 452 g/mol. The lowest BCUT2D eigenvalue weighted by Crippen LogP contribution is -2.15. The predicted molar refractivity (Wildman–Crippen MR) is 131 cm³/mol. The van der Waals surface area contributed by atoms with Crippen LogP contribution in [0.2, 0.25) is 0 Å². The fourth-order valence-electron chi connectivity index (χ4n) is 3.03. The number of carbonyl (C=O) groups is 4. The van der Waals surface area contributed by atoms with Crippen molar-refractivity contribution in [3.63, 3.8) is 0 Å². The SMILES string of the molecule is CCCC(=O)Nc1ccc(NC(=O)CCCC(=O)Nc2ccc(NC(=O)CCC)cc2)cc1. The van der Waals surface area contributed by atoms with Gasteiger partial charge in [-0.2, -0.15) is 0 Å². The first-order chi connectivity index (χ1) is 15.9. The Morgan fingerprint density at radius 2 is 0.727 bits per heavy atom. The molecule has 0 aliphatic heterocycles. The summed E-state index contributed by atoms with van der Waals surface area (Å²) >= 11 is 0. The van der Waals surface area contributed by atoms with Crippen molar-refractivity contribution >= 4 is 46.4 Å². The van der Waals surface area contributed by atoms with Crippen molar-refractivity contribution in [2.45, 2.75) is 58.8 Å². The van der Waals surface area contributed by atoms with Gasteiger partial charge in [-0.15, -0.1) is 0 Å². The molecule has 4 N–H and O–H groups in total. The molecule has 2 rings (SSSR count). The van der Waals surface area contributed by atoms with Gasteiger partial charge in [0.05, 0.1) is 0 Å². The third kappa shape index (κ3) is 9.99. The number of nitrogens with one attached hydrogen (secondary N) is 4. The van der Waals surface area contributed by atoms with E-state index < -0.39 is 0 Å². The number of rotatable bonds is 12. The zero-order valence-corrected chi connectivity index (χ0v) is 19.2. The number of anilines is 4. The van der Waals surface area contributed by atoms with Crippen LogP contribution in [0.25, 0.3) is 0 Å². The second-order valence-electron chi connectivity index (χ2n) is 7.70. The molecule has 176 valence electrons. The molecule has 0 aliphatic rings. The number of amides is 4. The maximum Gasteiger partial charge on any atom is 0.224 e. The highest BCUT2D eigenvalue weighted by molar-refractivity contribution is 5.94. The normalized spacial score (nSPS) is 10.2. The van der Waals surface area contributed by atoms with Gasteiger partial charge in [0.15, 0.2) is 0 Å². The molecule has 0 aliphatic carbocycles. The van der Waals surface area contributed by atoms with Gasteiger partial charge < -0.3 is 21.3 Å². The summed E-state index contributed by atoms with van der Waals surface area (Å²) in [6, 6.07) is 13.8. The zero-order valence-electron chi connectivity index (χ0n) is 19.2. The molecule has 8 nitrogen and oxygen atoms in total. The van der Waals surface area contributed by atoms with E-state index in [0.29, 0.717) is 42.0 Å². The summed E-state index contributed by atoms with van der Waals surface area (Å²) in [4.78, 5) is 47.5. The minimum Gasteiger partial charge on any atom is -0.326 e. The summed E-state index contributed by atoms with van der Waals surface area (Å²) in [5.74, 6) is -0.444. The molecular weight excluding hydrogens is 420 g/mol. The summed E-state index contributed by atoms with van der Waals surface area (Å²) in [5.41, 5.74) is 2.62. The summed E-state index contributed by atoms with van der Waals surface area (Å²) in [6.07, 6.45) is 3.33. The first-order valence-corrected chi connectivity index (χ1v) is 11.3. The molecular formula is C25H32N4O4. The van der Waals surface area contributed by atoms with E-state index in [2.05, 4.69) is 21.3 Å². The van der Waals surface area contributed by atoms with Crippen molar-refractivity contribution in [2.75, 3.05) is 21.3 Å². The van der Waals surface area contributed by atoms with Crippen LogP contribution in [0.1, 0.15) is 58.8 Å². The van der Waals surface area contributed by atoms with Crippen molar-refractivity contribution in [3.05, 3.63) is 48.5 Å². The first kappa shape index (κ1) is 25.6. The van der Waals surface area contributed by atoms with Crippen molar-refractivity contribution in [1.82, 2.24) is 0 Å². The van der Waals surface area contributed by atoms with Gasteiger partial charge in [-0.1, -0.05) is 13.8 Å². The maximum absolute atomic E-state index is 12.1. The molecule has 33 heavy (non-hydrogen) atoms. The minimum atomic E-state index is -0.183. The van der Waals surface area contributed by atoms with Crippen LogP contribution in [-0.4, -0.2) is 23.6 Å². The molecule has 2 aromatic rings. The van der Waals surface area contributed by atoms with Gasteiger partial charge >= 0.3 is 0 Å². The molecule has 0 bridgehead atoms.